The van der Waals surface area contributed by atoms with E-state index in [9.17, 15) is 14.4 Å². The van der Waals surface area contributed by atoms with E-state index < -0.39 is 18.1 Å². The summed E-state index contributed by atoms with van der Waals surface area (Å²) >= 11 is 0. The SMILES string of the molecule is COc1cc2cc(c1)C(=O)N[C@H]1CN(C(=O)c3cc(-c4cnn(C)c4C)on3)C[C@@H]1Oc1ccc(c(OC)c1)CNC(=O)CO2. The van der Waals surface area contributed by atoms with Gasteiger partial charge in [-0.3, -0.25) is 19.1 Å². The van der Waals surface area contributed by atoms with Gasteiger partial charge in [-0.2, -0.15) is 5.10 Å². The van der Waals surface area contributed by atoms with E-state index in [-0.39, 0.29) is 55.1 Å². The van der Waals surface area contributed by atoms with Crippen molar-refractivity contribution >= 4 is 17.7 Å². The third-order valence-electron chi connectivity index (χ3n) is 7.87. The van der Waals surface area contributed by atoms with E-state index in [1.165, 1.54) is 20.3 Å². The molecule has 14 heteroatoms. The maximum atomic E-state index is 13.6. The minimum absolute atomic E-state index is 0.121. The Hall–Kier alpha value is -5.53. The summed E-state index contributed by atoms with van der Waals surface area (Å²) in [7, 11) is 4.81. The Morgan fingerprint density at radius 3 is 2.64 bits per heavy atom. The highest BCUT2D eigenvalue weighted by Gasteiger charge is 2.39. The third-order valence-corrected chi connectivity index (χ3v) is 7.87. The lowest BCUT2D eigenvalue weighted by Gasteiger charge is -2.22. The van der Waals surface area contributed by atoms with Gasteiger partial charge in [0.1, 0.15) is 29.1 Å². The Morgan fingerprint density at radius 1 is 1.04 bits per heavy atom. The standard InChI is InChI=1S/C31H32N6O8/c1-17-23(13-33-36(17)2)27-11-24(35-45-27)31(40)37-14-25-28(15-37)44-20-6-5-18(26(10-20)42-4)12-32-29(38)16-43-22-8-19(30(39)34-25)7-21(9-22)41-3/h5-11,13,25,28H,12,14-16H2,1-4H3,(H,32,38)(H,34,39)/t25-,28-/m0/s1. The number of nitrogens with one attached hydrogen (secondary N) is 2. The van der Waals surface area contributed by atoms with E-state index in [0.717, 1.165) is 16.8 Å². The first kappa shape index (κ1) is 29.5. The molecule has 5 heterocycles. The van der Waals surface area contributed by atoms with Crippen LogP contribution in [0.3, 0.4) is 0 Å². The number of likely N-dealkylation sites (tertiary alicyclic amines) is 1. The van der Waals surface area contributed by atoms with Crippen LogP contribution in [0.15, 0.2) is 53.2 Å². The van der Waals surface area contributed by atoms with Crippen molar-refractivity contribution in [3.8, 4) is 34.3 Å². The number of ether oxygens (including phenoxy) is 4. The van der Waals surface area contributed by atoms with Crippen LogP contribution in [0.25, 0.3) is 11.3 Å². The van der Waals surface area contributed by atoms with Crippen LogP contribution in [0.2, 0.25) is 0 Å². The highest BCUT2D eigenvalue weighted by Crippen LogP contribution is 2.29. The number of hydrogen-bond donors (Lipinski definition) is 2. The minimum Gasteiger partial charge on any atom is -0.497 e. The number of aryl methyl sites for hydroxylation is 1. The topological polar surface area (TPSA) is 159 Å². The number of fused-ring (bicyclic) bond motifs is 7. The second kappa shape index (κ2) is 12.2. The summed E-state index contributed by atoms with van der Waals surface area (Å²) in [6.45, 7) is 2.11. The molecule has 2 atom stereocenters. The molecule has 0 unspecified atom stereocenters. The van der Waals surface area contributed by atoms with Gasteiger partial charge in [-0.15, -0.1) is 0 Å². The molecule has 0 spiro atoms. The van der Waals surface area contributed by atoms with Crippen molar-refractivity contribution in [1.82, 2.24) is 30.5 Å². The number of nitrogens with zero attached hydrogens (tertiary/aromatic N) is 4. The summed E-state index contributed by atoms with van der Waals surface area (Å²) in [5.41, 5.74) is 2.69. The lowest BCUT2D eigenvalue weighted by Crippen LogP contribution is -2.45. The average molecular weight is 617 g/mol. The highest BCUT2D eigenvalue weighted by atomic mass is 16.5. The third kappa shape index (κ3) is 6.12. The average Bonchev–Trinajstić information content (AvgIpc) is 3.77. The minimum atomic E-state index is -0.628. The molecular formula is C31H32N6O8. The fourth-order valence-corrected chi connectivity index (χ4v) is 5.27. The van der Waals surface area contributed by atoms with Gasteiger partial charge in [0.2, 0.25) is 0 Å². The summed E-state index contributed by atoms with van der Waals surface area (Å²) in [5.74, 6) is 0.874. The molecule has 0 aliphatic carbocycles. The molecular weight excluding hydrogens is 584 g/mol. The van der Waals surface area contributed by atoms with Crippen LogP contribution in [-0.2, 0) is 18.4 Å². The molecule has 2 aromatic carbocycles. The molecule has 3 aliphatic heterocycles. The first-order valence-electron chi connectivity index (χ1n) is 14.2. The van der Waals surface area contributed by atoms with Crippen molar-refractivity contribution in [2.24, 2.45) is 7.05 Å². The molecule has 0 radical (unpaired) electrons. The van der Waals surface area contributed by atoms with E-state index in [4.69, 9.17) is 23.5 Å². The molecule has 4 aromatic rings. The molecule has 2 N–H and O–H groups in total. The van der Waals surface area contributed by atoms with E-state index in [1.54, 1.807) is 52.2 Å². The summed E-state index contributed by atoms with van der Waals surface area (Å²) in [5, 5.41) is 14.1. The van der Waals surface area contributed by atoms with Crippen molar-refractivity contribution in [3.05, 3.63) is 71.2 Å². The molecule has 3 amide bonds. The highest BCUT2D eigenvalue weighted by molar-refractivity contribution is 5.96. The molecule has 45 heavy (non-hydrogen) atoms. The van der Waals surface area contributed by atoms with Gasteiger partial charge in [-0.05, 0) is 31.2 Å². The van der Waals surface area contributed by atoms with Gasteiger partial charge in [0.15, 0.2) is 18.1 Å². The van der Waals surface area contributed by atoms with Crippen LogP contribution in [0.5, 0.6) is 23.0 Å². The van der Waals surface area contributed by atoms with E-state index >= 15 is 0 Å². The van der Waals surface area contributed by atoms with Crippen molar-refractivity contribution in [1.29, 1.82) is 0 Å². The lowest BCUT2D eigenvalue weighted by atomic mass is 10.1. The molecule has 2 aromatic heterocycles. The van der Waals surface area contributed by atoms with Crippen LogP contribution in [0.1, 0.15) is 32.1 Å². The normalized spacial score (nSPS) is 18.3. The van der Waals surface area contributed by atoms with Gasteiger partial charge >= 0.3 is 0 Å². The number of carbonyl (C=O) groups is 3. The predicted molar refractivity (Wildman–Crippen MR) is 158 cm³/mol. The summed E-state index contributed by atoms with van der Waals surface area (Å²) in [4.78, 5) is 41.2. The van der Waals surface area contributed by atoms with Gasteiger partial charge in [-0.25, -0.2) is 0 Å². The zero-order valence-electron chi connectivity index (χ0n) is 25.2. The molecule has 7 rings (SSSR count). The summed E-state index contributed by atoms with van der Waals surface area (Å²) in [6.07, 6.45) is 1.03. The largest absolute Gasteiger partial charge is 0.497 e. The Balaban J connectivity index is 1.30. The van der Waals surface area contributed by atoms with Crippen molar-refractivity contribution in [2.45, 2.75) is 25.6 Å². The zero-order valence-corrected chi connectivity index (χ0v) is 25.2. The van der Waals surface area contributed by atoms with Gasteiger partial charge < -0.3 is 39.0 Å². The number of carbonyl (C=O) groups excluding carboxylic acids is 3. The fourth-order valence-electron chi connectivity index (χ4n) is 5.27. The molecule has 0 saturated carbocycles. The van der Waals surface area contributed by atoms with Gasteiger partial charge in [0, 0.05) is 55.2 Å². The lowest BCUT2D eigenvalue weighted by molar-refractivity contribution is -0.123. The van der Waals surface area contributed by atoms with Crippen molar-refractivity contribution in [2.75, 3.05) is 33.9 Å². The molecule has 234 valence electrons. The van der Waals surface area contributed by atoms with Crippen molar-refractivity contribution in [3.63, 3.8) is 0 Å². The quantitative estimate of drug-likeness (QED) is 0.348. The number of rotatable bonds is 4. The number of amides is 3. The number of hydrogen-bond acceptors (Lipinski definition) is 10. The maximum absolute atomic E-state index is 13.6. The number of benzene rings is 2. The monoisotopic (exact) mass is 616 g/mol. The molecule has 3 aliphatic rings. The fraction of sp³-hybridized carbons (Fsp3) is 0.323. The first-order chi connectivity index (χ1) is 21.7. The maximum Gasteiger partial charge on any atom is 0.276 e. The van der Waals surface area contributed by atoms with Crippen molar-refractivity contribution < 1.29 is 37.9 Å². The summed E-state index contributed by atoms with van der Waals surface area (Å²) < 4.78 is 30.2. The van der Waals surface area contributed by atoms with Crippen LogP contribution < -0.4 is 29.6 Å². The van der Waals surface area contributed by atoms with Crippen LogP contribution in [0, 0.1) is 6.92 Å². The Morgan fingerprint density at radius 2 is 1.89 bits per heavy atom. The van der Waals surface area contributed by atoms with E-state index in [0.29, 0.717) is 23.0 Å². The van der Waals surface area contributed by atoms with Crippen LogP contribution >= 0.6 is 0 Å². The second-order valence-corrected chi connectivity index (χ2v) is 10.7. The molecule has 4 bridgehead atoms. The molecule has 1 saturated heterocycles. The van der Waals surface area contributed by atoms with Gasteiger partial charge in [0.25, 0.3) is 17.7 Å². The predicted octanol–water partition coefficient (Wildman–Crippen LogP) is 2.11. The first-order valence-corrected chi connectivity index (χ1v) is 14.2. The Labute approximate surface area is 258 Å². The summed E-state index contributed by atoms with van der Waals surface area (Å²) in [6, 6.07) is 10.9. The zero-order chi connectivity index (χ0) is 31.7. The van der Waals surface area contributed by atoms with E-state index in [2.05, 4.69) is 20.9 Å². The van der Waals surface area contributed by atoms with Crippen LogP contribution in [-0.4, -0.2) is 83.6 Å². The van der Waals surface area contributed by atoms with Gasteiger partial charge in [0.05, 0.1) is 38.6 Å². The molecule has 1 fully saturated rings. The van der Waals surface area contributed by atoms with E-state index in [1.807, 2.05) is 14.0 Å². The smallest absolute Gasteiger partial charge is 0.276 e. The molecule has 14 nitrogen and oxygen atoms in total. The number of aromatic nitrogens is 3. The Bertz CT molecular complexity index is 1760. The Kier molecular flexibility index (Phi) is 8.02. The second-order valence-electron chi connectivity index (χ2n) is 10.7. The number of methoxy groups -OCH3 is 2. The van der Waals surface area contributed by atoms with Crippen LogP contribution in [0.4, 0.5) is 0 Å². The van der Waals surface area contributed by atoms with Gasteiger partial charge in [-0.1, -0.05) is 5.16 Å².